The van der Waals surface area contributed by atoms with Crippen molar-refractivity contribution < 1.29 is 9.47 Å². The van der Waals surface area contributed by atoms with E-state index in [1.807, 2.05) is 0 Å². The van der Waals surface area contributed by atoms with E-state index in [4.69, 9.17) is 9.47 Å². The molecule has 5 heteroatoms. The Morgan fingerprint density at radius 3 is 2.55 bits per heavy atom. The van der Waals surface area contributed by atoms with Crippen LogP contribution in [0.15, 0.2) is 16.6 Å². The average molecular weight is 339 g/mol. The van der Waals surface area contributed by atoms with Crippen molar-refractivity contribution in [2.45, 2.75) is 18.9 Å². The zero-order chi connectivity index (χ0) is 13.5. The fourth-order valence-electron chi connectivity index (χ4n) is 3.28. The van der Waals surface area contributed by atoms with Crippen LogP contribution >= 0.6 is 15.9 Å². The van der Waals surface area contributed by atoms with Crippen LogP contribution in [0.4, 0.5) is 0 Å². The molecule has 0 amide bonds. The van der Waals surface area contributed by atoms with E-state index in [1.54, 1.807) is 0 Å². The Hall–Kier alpha value is -0.780. The first-order chi connectivity index (χ1) is 9.83. The molecule has 4 nitrogen and oxygen atoms in total. The number of halogens is 1. The Morgan fingerprint density at radius 2 is 1.85 bits per heavy atom. The third-order valence-electron chi connectivity index (χ3n) is 4.42. The molecule has 2 fully saturated rings. The summed E-state index contributed by atoms with van der Waals surface area (Å²) in [5.41, 5.74) is 1.36. The quantitative estimate of drug-likeness (QED) is 0.918. The van der Waals surface area contributed by atoms with E-state index >= 15 is 0 Å². The third kappa shape index (κ3) is 2.32. The van der Waals surface area contributed by atoms with Crippen molar-refractivity contribution in [1.82, 2.24) is 10.2 Å². The number of hydrogen-bond donors (Lipinski definition) is 1. The van der Waals surface area contributed by atoms with Crippen molar-refractivity contribution in [2.24, 2.45) is 5.92 Å². The lowest BCUT2D eigenvalue weighted by atomic mass is 9.99. The molecule has 0 radical (unpaired) electrons. The maximum absolute atomic E-state index is 5.56. The highest BCUT2D eigenvalue weighted by atomic mass is 79.9. The summed E-state index contributed by atoms with van der Waals surface area (Å²) in [5.74, 6) is 2.55. The molecule has 1 N–H and O–H groups in total. The predicted molar refractivity (Wildman–Crippen MR) is 80.2 cm³/mol. The highest BCUT2D eigenvalue weighted by Crippen LogP contribution is 2.49. The van der Waals surface area contributed by atoms with Gasteiger partial charge in [-0.05, 0) is 36.5 Å². The molecule has 0 unspecified atom stereocenters. The van der Waals surface area contributed by atoms with Crippen LogP contribution in [0.5, 0.6) is 11.5 Å². The summed E-state index contributed by atoms with van der Waals surface area (Å²) in [5, 5.41) is 3.44. The van der Waals surface area contributed by atoms with Crippen molar-refractivity contribution in [3.05, 3.63) is 22.2 Å². The lowest BCUT2D eigenvalue weighted by Gasteiger charge is -2.36. The van der Waals surface area contributed by atoms with Crippen LogP contribution in [-0.4, -0.2) is 37.9 Å². The molecule has 1 aliphatic carbocycles. The van der Waals surface area contributed by atoms with Crippen molar-refractivity contribution in [1.29, 1.82) is 0 Å². The molecule has 0 aromatic heterocycles. The zero-order valence-corrected chi connectivity index (χ0v) is 13.0. The Kier molecular flexibility index (Phi) is 3.36. The van der Waals surface area contributed by atoms with Crippen LogP contribution in [0.1, 0.15) is 24.4 Å². The number of nitrogens with one attached hydrogen (secondary N) is 1. The van der Waals surface area contributed by atoms with E-state index in [1.165, 1.54) is 18.4 Å². The maximum Gasteiger partial charge on any atom is 0.231 e. The summed E-state index contributed by atoms with van der Waals surface area (Å²) in [6, 6.07) is 4.76. The molecule has 3 aliphatic rings. The topological polar surface area (TPSA) is 33.7 Å². The van der Waals surface area contributed by atoms with E-state index in [-0.39, 0.29) is 0 Å². The summed E-state index contributed by atoms with van der Waals surface area (Å²) in [6.07, 6.45) is 2.69. The van der Waals surface area contributed by atoms with Crippen molar-refractivity contribution in [3.63, 3.8) is 0 Å². The van der Waals surface area contributed by atoms with E-state index in [2.05, 4.69) is 38.3 Å². The molecule has 1 atom stereocenters. The number of benzene rings is 1. The van der Waals surface area contributed by atoms with Gasteiger partial charge in [0.1, 0.15) is 0 Å². The van der Waals surface area contributed by atoms with Gasteiger partial charge in [-0.2, -0.15) is 0 Å². The van der Waals surface area contributed by atoms with E-state index in [9.17, 15) is 0 Å². The third-order valence-corrected chi connectivity index (χ3v) is 5.11. The van der Waals surface area contributed by atoms with Gasteiger partial charge in [0.25, 0.3) is 0 Å². The molecular weight excluding hydrogens is 320 g/mol. The summed E-state index contributed by atoms with van der Waals surface area (Å²) in [7, 11) is 0. The number of ether oxygens (including phenoxy) is 2. The minimum Gasteiger partial charge on any atom is -0.454 e. The van der Waals surface area contributed by atoms with E-state index in [0.29, 0.717) is 12.8 Å². The Labute approximate surface area is 127 Å². The molecule has 0 bridgehead atoms. The number of rotatable bonds is 3. The molecule has 1 saturated heterocycles. The SMILES string of the molecule is Brc1cc2c(cc1[C@@H](C1CC1)N1CCNCC1)OCO2. The molecule has 4 rings (SSSR count). The molecular formula is C15H19BrN2O2. The second-order valence-corrected chi connectivity index (χ2v) is 6.65. The minimum atomic E-state index is 0.340. The second-order valence-electron chi connectivity index (χ2n) is 5.80. The standard InChI is InChI=1S/C15H19BrN2O2/c16-12-8-14-13(19-9-20-14)7-11(12)15(10-1-2-10)18-5-3-17-4-6-18/h7-8,10,15,17H,1-6,9H2/t15-/m1/s1. The van der Waals surface area contributed by atoms with Crippen molar-refractivity contribution >= 4 is 15.9 Å². The van der Waals surface area contributed by atoms with Crippen LogP contribution in [-0.2, 0) is 0 Å². The summed E-state index contributed by atoms with van der Waals surface area (Å²) in [6.45, 7) is 4.77. The summed E-state index contributed by atoms with van der Waals surface area (Å²) < 4.78 is 12.2. The number of fused-ring (bicyclic) bond motifs is 1. The first-order valence-corrected chi connectivity index (χ1v) is 8.16. The van der Waals surface area contributed by atoms with Gasteiger partial charge in [-0.25, -0.2) is 0 Å². The molecule has 108 valence electrons. The fraction of sp³-hybridized carbons (Fsp3) is 0.600. The highest BCUT2D eigenvalue weighted by molar-refractivity contribution is 9.10. The zero-order valence-electron chi connectivity index (χ0n) is 11.4. The first kappa shape index (κ1) is 12.9. The van der Waals surface area contributed by atoms with Crippen LogP contribution in [0, 0.1) is 5.92 Å². The molecule has 2 heterocycles. The molecule has 0 spiro atoms. The van der Waals surface area contributed by atoms with Gasteiger partial charge in [0, 0.05) is 36.7 Å². The van der Waals surface area contributed by atoms with Crippen LogP contribution in [0.3, 0.4) is 0 Å². The van der Waals surface area contributed by atoms with Gasteiger partial charge >= 0.3 is 0 Å². The Bertz CT molecular complexity index is 513. The van der Waals surface area contributed by atoms with Gasteiger partial charge in [-0.3, -0.25) is 4.90 Å². The lowest BCUT2D eigenvalue weighted by Crippen LogP contribution is -2.45. The lowest BCUT2D eigenvalue weighted by molar-refractivity contribution is 0.155. The predicted octanol–water partition coefficient (Wildman–Crippen LogP) is 2.53. The second kappa shape index (κ2) is 5.20. The van der Waals surface area contributed by atoms with E-state index in [0.717, 1.165) is 48.1 Å². The number of hydrogen-bond acceptors (Lipinski definition) is 4. The average Bonchev–Trinajstić information content (AvgIpc) is 3.19. The molecule has 1 saturated carbocycles. The minimum absolute atomic E-state index is 0.340. The van der Waals surface area contributed by atoms with Crippen molar-refractivity contribution in [3.8, 4) is 11.5 Å². The van der Waals surface area contributed by atoms with Crippen LogP contribution in [0.25, 0.3) is 0 Å². The van der Waals surface area contributed by atoms with Crippen LogP contribution in [0.2, 0.25) is 0 Å². The first-order valence-electron chi connectivity index (χ1n) is 7.37. The van der Waals surface area contributed by atoms with Gasteiger partial charge in [0.15, 0.2) is 11.5 Å². The van der Waals surface area contributed by atoms with Crippen molar-refractivity contribution in [2.75, 3.05) is 33.0 Å². The van der Waals surface area contributed by atoms with Gasteiger partial charge < -0.3 is 14.8 Å². The molecule has 1 aromatic rings. The summed E-state index contributed by atoms with van der Waals surface area (Å²) in [4.78, 5) is 2.62. The van der Waals surface area contributed by atoms with Gasteiger partial charge in [0.2, 0.25) is 6.79 Å². The normalized spacial score (nSPS) is 23.9. The van der Waals surface area contributed by atoms with Gasteiger partial charge in [-0.15, -0.1) is 0 Å². The highest BCUT2D eigenvalue weighted by Gasteiger charge is 2.38. The Balaban J connectivity index is 1.69. The molecule has 2 aliphatic heterocycles. The fourth-order valence-corrected chi connectivity index (χ4v) is 3.84. The van der Waals surface area contributed by atoms with E-state index < -0.39 is 0 Å². The largest absolute Gasteiger partial charge is 0.454 e. The summed E-state index contributed by atoms with van der Waals surface area (Å²) >= 11 is 3.74. The Morgan fingerprint density at radius 1 is 1.15 bits per heavy atom. The van der Waals surface area contributed by atoms with Gasteiger partial charge in [-0.1, -0.05) is 15.9 Å². The van der Waals surface area contributed by atoms with Crippen LogP contribution < -0.4 is 14.8 Å². The monoisotopic (exact) mass is 338 g/mol. The molecule has 1 aromatic carbocycles. The van der Waals surface area contributed by atoms with Gasteiger partial charge in [0.05, 0.1) is 0 Å². The molecule has 20 heavy (non-hydrogen) atoms. The smallest absolute Gasteiger partial charge is 0.231 e. The number of piperazine rings is 1. The number of nitrogens with zero attached hydrogens (tertiary/aromatic N) is 1. The maximum atomic E-state index is 5.56.